The van der Waals surface area contributed by atoms with E-state index in [1.807, 2.05) is 0 Å². The summed E-state index contributed by atoms with van der Waals surface area (Å²) in [5.41, 5.74) is 1.52. The lowest BCUT2D eigenvalue weighted by Gasteiger charge is -2.34. The first kappa shape index (κ1) is 15.7. The molecule has 0 amide bonds. The van der Waals surface area contributed by atoms with Gasteiger partial charge in [-0.05, 0) is 39.9 Å². The molecule has 0 aliphatic rings. The Morgan fingerprint density at radius 2 is 1.80 bits per heavy atom. The van der Waals surface area contributed by atoms with E-state index in [4.69, 9.17) is 0 Å². The fourth-order valence-corrected chi connectivity index (χ4v) is 3.84. The van der Waals surface area contributed by atoms with Gasteiger partial charge in [-0.2, -0.15) is 0 Å². The van der Waals surface area contributed by atoms with Crippen LogP contribution in [0.15, 0.2) is 46.3 Å². The summed E-state index contributed by atoms with van der Waals surface area (Å²) in [6.45, 7) is 9.10. The molecule has 1 nitrogen and oxygen atoms in total. The van der Waals surface area contributed by atoms with Crippen molar-refractivity contribution in [2.75, 3.05) is 0 Å². The smallest absolute Gasteiger partial charge is 0.0391 e. The molecule has 0 aliphatic heterocycles. The van der Waals surface area contributed by atoms with Crippen LogP contribution in [0.5, 0.6) is 0 Å². The first-order valence-electron chi connectivity index (χ1n) is 6.93. The van der Waals surface area contributed by atoms with E-state index < -0.39 is 0 Å². The van der Waals surface area contributed by atoms with E-state index in [1.54, 1.807) is 11.3 Å². The van der Waals surface area contributed by atoms with Crippen LogP contribution >= 0.6 is 27.3 Å². The molecule has 2 atom stereocenters. The first-order chi connectivity index (χ1) is 9.38. The van der Waals surface area contributed by atoms with Crippen molar-refractivity contribution in [3.05, 3.63) is 56.7 Å². The Balaban J connectivity index is 2.21. The third-order valence-corrected chi connectivity index (χ3v) is 5.31. The molecule has 1 N–H and O–H groups in total. The summed E-state index contributed by atoms with van der Waals surface area (Å²) < 4.78 is 1.16. The lowest BCUT2D eigenvalue weighted by molar-refractivity contribution is 0.255. The van der Waals surface area contributed by atoms with Gasteiger partial charge in [-0.1, -0.05) is 51.1 Å². The molecule has 0 spiro atoms. The highest BCUT2D eigenvalue weighted by Gasteiger charge is 2.27. The molecule has 0 bridgehead atoms. The van der Waals surface area contributed by atoms with Crippen molar-refractivity contribution in [1.29, 1.82) is 0 Å². The van der Waals surface area contributed by atoms with Gasteiger partial charge in [0.2, 0.25) is 0 Å². The van der Waals surface area contributed by atoms with Crippen molar-refractivity contribution in [3.63, 3.8) is 0 Å². The first-order valence-corrected chi connectivity index (χ1v) is 8.60. The Morgan fingerprint density at radius 1 is 1.15 bits per heavy atom. The monoisotopic (exact) mass is 351 g/mol. The fourth-order valence-electron chi connectivity index (χ4n) is 2.38. The molecule has 20 heavy (non-hydrogen) atoms. The molecule has 1 heterocycles. The predicted molar refractivity (Wildman–Crippen MR) is 92.2 cm³/mol. The van der Waals surface area contributed by atoms with E-state index in [2.05, 4.69) is 90.7 Å². The van der Waals surface area contributed by atoms with E-state index in [0.29, 0.717) is 12.1 Å². The minimum atomic E-state index is 0.171. The molecule has 1 aromatic heterocycles. The summed E-state index contributed by atoms with van der Waals surface area (Å²) in [4.78, 5) is 1.36. The van der Waals surface area contributed by atoms with Gasteiger partial charge in [0, 0.05) is 26.8 Å². The van der Waals surface area contributed by atoms with Gasteiger partial charge < -0.3 is 5.32 Å². The highest BCUT2D eigenvalue weighted by Crippen LogP contribution is 2.36. The number of nitrogens with one attached hydrogen (secondary N) is 1. The van der Waals surface area contributed by atoms with Crippen LogP contribution in [-0.2, 0) is 0 Å². The number of hydrogen-bond acceptors (Lipinski definition) is 2. The molecular weight excluding hydrogens is 330 g/mol. The van der Waals surface area contributed by atoms with Crippen molar-refractivity contribution in [2.24, 2.45) is 5.41 Å². The van der Waals surface area contributed by atoms with Gasteiger partial charge in [0.05, 0.1) is 0 Å². The Labute approximate surface area is 134 Å². The zero-order valence-electron chi connectivity index (χ0n) is 12.5. The average molecular weight is 352 g/mol. The third-order valence-electron chi connectivity index (χ3n) is 3.43. The molecule has 0 saturated carbocycles. The van der Waals surface area contributed by atoms with Crippen molar-refractivity contribution < 1.29 is 0 Å². The third kappa shape index (κ3) is 3.94. The van der Waals surface area contributed by atoms with Gasteiger partial charge in [-0.15, -0.1) is 11.3 Å². The molecule has 2 unspecified atom stereocenters. The lowest BCUT2D eigenvalue weighted by atomic mass is 9.82. The zero-order chi connectivity index (χ0) is 14.8. The molecule has 1 aromatic carbocycles. The second-order valence-electron chi connectivity index (χ2n) is 6.27. The van der Waals surface area contributed by atoms with Crippen LogP contribution in [0, 0.1) is 5.41 Å². The maximum absolute atomic E-state index is 3.79. The van der Waals surface area contributed by atoms with Gasteiger partial charge in [-0.3, -0.25) is 0 Å². The molecular formula is C17H22BrNS. The molecule has 0 saturated heterocycles. The molecule has 0 aliphatic carbocycles. The number of benzene rings is 1. The molecule has 3 heteroatoms. The Hall–Kier alpha value is -0.640. The van der Waals surface area contributed by atoms with E-state index in [1.165, 1.54) is 10.4 Å². The summed E-state index contributed by atoms with van der Waals surface area (Å²) in [5.74, 6) is 0. The Morgan fingerprint density at radius 3 is 2.30 bits per heavy atom. The van der Waals surface area contributed by atoms with Crippen LogP contribution in [0.2, 0.25) is 0 Å². The summed E-state index contributed by atoms with van der Waals surface area (Å²) >= 11 is 5.33. The Bertz CT molecular complexity index is 542. The maximum atomic E-state index is 3.79. The van der Waals surface area contributed by atoms with E-state index in [0.717, 1.165) is 4.47 Å². The Kier molecular flexibility index (Phi) is 5.05. The van der Waals surface area contributed by atoms with Crippen LogP contribution in [0.1, 0.15) is 50.2 Å². The summed E-state index contributed by atoms with van der Waals surface area (Å²) in [5, 5.41) is 5.93. The SMILES string of the molecule is CC(NC(c1ccccc1)C(C)(C)C)c1cc(Br)cs1. The molecule has 108 valence electrons. The summed E-state index contributed by atoms with van der Waals surface area (Å²) in [6, 6.07) is 13.6. The van der Waals surface area contributed by atoms with Crippen molar-refractivity contribution in [2.45, 2.75) is 39.8 Å². The number of hydrogen-bond donors (Lipinski definition) is 1. The summed E-state index contributed by atoms with van der Waals surface area (Å²) in [7, 11) is 0. The molecule has 2 aromatic rings. The van der Waals surface area contributed by atoms with E-state index >= 15 is 0 Å². The van der Waals surface area contributed by atoms with Crippen molar-refractivity contribution in [1.82, 2.24) is 5.32 Å². The quantitative estimate of drug-likeness (QED) is 0.717. The second-order valence-corrected chi connectivity index (χ2v) is 8.12. The summed E-state index contributed by atoms with van der Waals surface area (Å²) in [6.07, 6.45) is 0. The van der Waals surface area contributed by atoms with Crippen LogP contribution in [0.25, 0.3) is 0 Å². The van der Waals surface area contributed by atoms with Crippen LogP contribution in [-0.4, -0.2) is 0 Å². The normalized spacial score (nSPS) is 15.1. The van der Waals surface area contributed by atoms with Gasteiger partial charge in [0.1, 0.15) is 0 Å². The van der Waals surface area contributed by atoms with E-state index in [-0.39, 0.29) is 5.41 Å². The molecule has 0 radical (unpaired) electrons. The van der Waals surface area contributed by atoms with Crippen LogP contribution in [0.3, 0.4) is 0 Å². The highest BCUT2D eigenvalue weighted by molar-refractivity contribution is 9.10. The lowest BCUT2D eigenvalue weighted by Crippen LogP contribution is -2.33. The standard InChI is InChI=1S/C17H22BrNS/c1-12(15-10-14(18)11-20-15)19-16(17(2,3)4)13-8-6-5-7-9-13/h5-12,16,19H,1-4H3. The fraction of sp³-hybridized carbons (Fsp3) is 0.412. The van der Waals surface area contributed by atoms with Crippen molar-refractivity contribution in [3.8, 4) is 0 Å². The van der Waals surface area contributed by atoms with E-state index in [9.17, 15) is 0 Å². The maximum Gasteiger partial charge on any atom is 0.0391 e. The molecule has 2 rings (SSSR count). The average Bonchev–Trinajstić information content (AvgIpc) is 2.82. The van der Waals surface area contributed by atoms with Gasteiger partial charge in [-0.25, -0.2) is 0 Å². The number of halogens is 1. The number of rotatable bonds is 4. The van der Waals surface area contributed by atoms with Crippen LogP contribution in [0.4, 0.5) is 0 Å². The number of thiophene rings is 1. The largest absolute Gasteiger partial charge is 0.302 e. The minimum Gasteiger partial charge on any atom is -0.302 e. The topological polar surface area (TPSA) is 12.0 Å². The van der Waals surface area contributed by atoms with Crippen molar-refractivity contribution >= 4 is 27.3 Å². The predicted octanol–water partition coefficient (Wildman–Crippen LogP) is 5.95. The van der Waals surface area contributed by atoms with Crippen LogP contribution < -0.4 is 5.32 Å². The van der Waals surface area contributed by atoms with Gasteiger partial charge in [0.25, 0.3) is 0 Å². The highest BCUT2D eigenvalue weighted by atomic mass is 79.9. The van der Waals surface area contributed by atoms with Gasteiger partial charge >= 0.3 is 0 Å². The zero-order valence-corrected chi connectivity index (χ0v) is 14.9. The minimum absolute atomic E-state index is 0.171. The second kappa shape index (κ2) is 6.42. The molecule has 0 fully saturated rings. The van der Waals surface area contributed by atoms with Gasteiger partial charge in [0.15, 0.2) is 0 Å².